The Morgan fingerprint density at radius 3 is 2.39 bits per heavy atom. The van der Waals surface area contributed by atoms with Crippen LogP contribution in [0.15, 0.2) is 83.9 Å². The number of anilines is 1. The highest BCUT2D eigenvalue weighted by Gasteiger charge is 2.30. The fraction of sp³-hybridized carbons (Fsp3) is 0.185. The quantitative estimate of drug-likeness (QED) is 0.296. The van der Waals surface area contributed by atoms with Gasteiger partial charge in [-0.1, -0.05) is 25.1 Å². The first-order valence-corrected chi connectivity index (χ1v) is 13.2. The van der Waals surface area contributed by atoms with E-state index in [4.69, 9.17) is 4.74 Å². The van der Waals surface area contributed by atoms with E-state index in [-0.39, 0.29) is 34.5 Å². The molecule has 0 atom stereocenters. The Morgan fingerprint density at radius 2 is 1.76 bits per heavy atom. The summed E-state index contributed by atoms with van der Waals surface area (Å²) in [5.41, 5.74) is 1.30. The first-order valence-electron chi connectivity index (χ1n) is 11.6. The maximum Gasteiger partial charge on any atom is 0.416 e. The molecule has 0 fully saturated rings. The molecule has 11 heteroatoms. The van der Waals surface area contributed by atoms with Gasteiger partial charge < -0.3 is 10.1 Å². The lowest BCUT2D eigenvalue weighted by molar-refractivity contribution is -0.137. The van der Waals surface area contributed by atoms with E-state index in [9.17, 15) is 26.4 Å². The highest BCUT2D eigenvalue weighted by molar-refractivity contribution is 7.91. The average Bonchev–Trinajstić information content (AvgIpc) is 3.30. The number of nitrogens with one attached hydrogen (secondary N) is 1. The summed E-state index contributed by atoms with van der Waals surface area (Å²) in [6.07, 6.45) is -2.86. The Kier molecular flexibility index (Phi) is 7.58. The number of aromatic nitrogens is 2. The zero-order chi connectivity index (χ0) is 27.5. The number of amides is 1. The number of nitrogens with zero attached hydrogens (tertiary/aromatic N) is 2. The SMILES string of the molecule is CCS(=O)(=O)c1ccc(CC(=O)Nc2ccc(-n3ccc(C)n3)c(Oc3cccc(C(F)(F)F)c3)c2)cc1. The lowest BCUT2D eigenvalue weighted by Crippen LogP contribution is -2.15. The Balaban J connectivity index is 1.57. The van der Waals surface area contributed by atoms with Gasteiger partial charge in [-0.3, -0.25) is 4.79 Å². The summed E-state index contributed by atoms with van der Waals surface area (Å²) in [5, 5.41) is 7.09. The summed E-state index contributed by atoms with van der Waals surface area (Å²) >= 11 is 0. The molecule has 0 radical (unpaired) electrons. The second-order valence-electron chi connectivity index (χ2n) is 8.48. The molecule has 0 spiro atoms. The molecule has 1 aromatic heterocycles. The number of rotatable bonds is 8. The summed E-state index contributed by atoms with van der Waals surface area (Å²) < 4.78 is 70.9. The monoisotopic (exact) mass is 543 g/mol. The van der Waals surface area contributed by atoms with E-state index < -0.39 is 21.6 Å². The Bertz CT molecular complexity index is 1560. The molecular formula is C27H24F3N3O4S. The van der Waals surface area contributed by atoms with Gasteiger partial charge in [0.25, 0.3) is 0 Å². The lowest BCUT2D eigenvalue weighted by Gasteiger charge is -2.15. The standard InChI is InChI=1S/C27H24F3N3O4S/c1-3-38(35,36)23-10-7-19(8-11-23)15-26(34)31-21-9-12-24(33-14-13-18(2)32-33)25(17-21)37-22-6-4-5-20(16-22)27(28,29)30/h4-14,16-17H,3,15H2,1-2H3,(H,31,34). The second-order valence-corrected chi connectivity index (χ2v) is 10.8. The van der Waals surface area contributed by atoms with Gasteiger partial charge in [0.05, 0.1) is 28.3 Å². The third kappa shape index (κ3) is 6.41. The molecule has 0 unspecified atom stereocenters. The molecule has 198 valence electrons. The van der Waals surface area contributed by atoms with Crippen LogP contribution in [0.3, 0.4) is 0 Å². The molecule has 0 aliphatic heterocycles. The predicted molar refractivity (Wildman–Crippen MR) is 136 cm³/mol. The van der Waals surface area contributed by atoms with Crippen LogP contribution >= 0.6 is 0 Å². The zero-order valence-corrected chi connectivity index (χ0v) is 21.3. The molecule has 38 heavy (non-hydrogen) atoms. The minimum Gasteiger partial charge on any atom is -0.455 e. The normalized spacial score (nSPS) is 11.8. The lowest BCUT2D eigenvalue weighted by atomic mass is 10.1. The summed E-state index contributed by atoms with van der Waals surface area (Å²) in [7, 11) is -3.34. The van der Waals surface area contributed by atoms with Gasteiger partial charge >= 0.3 is 6.18 Å². The number of carbonyl (C=O) groups excluding carboxylic acids is 1. The first-order chi connectivity index (χ1) is 17.9. The second kappa shape index (κ2) is 10.7. The molecule has 0 bridgehead atoms. The van der Waals surface area contributed by atoms with Crippen molar-refractivity contribution < 1.29 is 31.1 Å². The third-order valence-electron chi connectivity index (χ3n) is 5.63. The molecule has 0 aliphatic rings. The summed E-state index contributed by atoms with van der Waals surface area (Å²) in [4.78, 5) is 12.9. The topological polar surface area (TPSA) is 90.3 Å². The molecule has 1 heterocycles. The van der Waals surface area contributed by atoms with E-state index >= 15 is 0 Å². The van der Waals surface area contributed by atoms with E-state index in [2.05, 4.69) is 10.4 Å². The van der Waals surface area contributed by atoms with E-state index in [1.807, 2.05) is 0 Å². The van der Waals surface area contributed by atoms with E-state index in [1.54, 1.807) is 50.4 Å². The van der Waals surface area contributed by atoms with Crippen LogP contribution in [0.4, 0.5) is 18.9 Å². The van der Waals surface area contributed by atoms with Crippen LogP contribution in [0.1, 0.15) is 23.7 Å². The van der Waals surface area contributed by atoms with Crippen LogP contribution in [0, 0.1) is 6.92 Å². The van der Waals surface area contributed by atoms with Crippen LogP contribution < -0.4 is 10.1 Å². The van der Waals surface area contributed by atoms with Gasteiger partial charge in [0.2, 0.25) is 5.91 Å². The summed E-state index contributed by atoms with van der Waals surface area (Å²) in [5.74, 6) is -0.245. The maximum absolute atomic E-state index is 13.2. The number of hydrogen-bond donors (Lipinski definition) is 1. The van der Waals surface area contributed by atoms with Crippen LogP contribution in [-0.2, 0) is 27.2 Å². The molecule has 4 rings (SSSR count). The molecule has 3 aromatic carbocycles. The molecule has 0 saturated heterocycles. The number of carbonyl (C=O) groups is 1. The van der Waals surface area contributed by atoms with Crippen molar-refractivity contribution in [3.05, 3.63) is 95.8 Å². The van der Waals surface area contributed by atoms with Crippen molar-refractivity contribution in [3.63, 3.8) is 0 Å². The number of halogens is 3. The number of aryl methyl sites for hydroxylation is 1. The van der Waals surface area contributed by atoms with Crippen molar-refractivity contribution in [2.24, 2.45) is 0 Å². The molecule has 1 amide bonds. The zero-order valence-electron chi connectivity index (χ0n) is 20.5. The van der Waals surface area contributed by atoms with Gasteiger partial charge in [-0.05, 0) is 61.0 Å². The van der Waals surface area contributed by atoms with Gasteiger partial charge in [0, 0.05) is 18.0 Å². The molecule has 7 nitrogen and oxygen atoms in total. The van der Waals surface area contributed by atoms with Crippen LogP contribution in [0.5, 0.6) is 11.5 Å². The summed E-state index contributed by atoms with van der Waals surface area (Å²) in [6, 6.07) is 17.1. The highest BCUT2D eigenvalue weighted by Crippen LogP contribution is 2.35. The van der Waals surface area contributed by atoms with Crippen molar-refractivity contribution in [2.75, 3.05) is 11.1 Å². The molecular weight excluding hydrogens is 519 g/mol. The van der Waals surface area contributed by atoms with E-state index in [0.29, 0.717) is 16.9 Å². The maximum atomic E-state index is 13.2. The van der Waals surface area contributed by atoms with Crippen molar-refractivity contribution in [3.8, 4) is 17.2 Å². The fourth-order valence-corrected chi connectivity index (χ4v) is 4.53. The Labute approximate surface area is 217 Å². The molecule has 4 aromatic rings. The molecule has 0 aliphatic carbocycles. The summed E-state index contributed by atoms with van der Waals surface area (Å²) in [6.45, 7) is 3.35. The van der Waals surface area contributed by atoms with Crippen molar-refractivity contribution in [1.82, 2.24) is 9.78 Å². The van der Waals surface area contributed by atoms with Crippen molar-refractivity contribution >= 4 is 21.4 Å². The minimum absolute atomic E-state index is 0.0175. The van der Waals surface area contributed by atoms with E-state index in [1.165, 1.54) is 35.0 Å². The number of ether oxygens (including phenoxy) is 1. The van der Waals surface area contributed by atoms with Crippen molar-refractivity contribution in [2.45, 2.75) is 31.3 Å². The Morgan fingerprint density at radius 1 is 1.03 bits per heavy atom. The van der Waals surface area contributed by atoms with Crippen LogP contribution in [0.2, 0.25) is 0 Å². The van der Waals surface area contributed by atoms with Crippen LogP contribution in [-0.4, -0.2) is 29.9 Å². The molecule has 0 saturated carbocycles. The molecule has 1 N–H and O–H groups in total. The van der Waals surface area contributed by atoms with Gasteiger partial charge in [-0.2, -0.15) is 18.3 Å². The van der Waals surface area contributed by atoms with Gasteiger partial charge in [-0.15, -0.1) is 0 Å². The van der Waals surface area contributed by atoms with Crippen LogP contribution in [0.25, 0.3) is 5.69 Å². The number of hydrogen-bond acceptors (Lipinski definition) is 5. The van der Waals surface area contributed by atoms with Gasteiger partial charge in [0.1, 0.15) is 11.4 Å². The Hall–Kier alpha value is -4.12. The number of sulfone groups is 1. The number of benzene rings is 3. The largest absolute Gasteiger partial charge is 0.455 e. The highest BCUT2D eigenvalue weighted by atomic mass is 32.2. The smallest absolute Gasteiger partial charge is 0.416 e. The van der Waals surface area contributed by atoms with Gasteiger partial charge in [0.15, 0.2) is 15.6 Å². The first kappa shape index (κ1) is 26.9. The minimum atomic E-state index is -4.53. The van der Waals surface area contributed by atoms with E-state index in [0.717, 1.165) is 17.8 Å². The third-order valence-corrected chi connectivity index (χ3v) is 7.38. The fourth-order valence-electron chi connectivity index (χ4n) is 3.65. The predicted octanol–water partition coefficient (Wildman–Crippen LogP) is 5.97. The average molecular weight is 544 g/mol. The van der Waals surface area contributed by atoms with Gasteiger partial charge in [-0.25, -0.2) is 13.1 Å². The number of alkyl halides is 3. The van der Waals surface area contributed by atoms with Crippen molar-refractivity contribution in [1.29, 1.82) is 0 Å².